The van der Waals surface area contributed by atoms with Crippen molar-refractivity contribution in [3.05, 3.63) is 59.9 Å². The molecule has 0 bridgehead atoms. The summed E-state index contributed by atoms with van der Waals surface area (Å²) in [7, 11) is 0. The Labute approximate surface area is 117 Å². The first-order valence-electron chi connectivity index (χ1n) is 6.45. The van der Waals surface area contributed by atoms with Crippen LogP contribution >= 0.6 is 0 Å². The van der Waals surface area contributed by atoms with Crippen LogP contribution in [0.15, 0.2) is 48.8 Å². The molecule has 2 aromatic rings. The first-order valence-corrected chi connectivity index (χ1v) is 6.45. The quantitative estimate of drug-likeness (QED) is 0.848. The monoisotopic (exact) mass is 268 g/mol. The predicted octanol–water partition coefficient (Wildman–Crippen LogP) is 2.99. The molecule has 102 valence electrons. The normalized spacial score (nSPS) is 10.1. The molecule has 0 atom stereocenters. The number of pyridine rings is 1. The van der Waals surface area contributed by atoms with Crippen LogP contribution in [0.25, 0.3) is 0 Å². The average molecular weight is 268 g/mol. The summed E-state index contributed by atoms with van der Waals surface area (Å²) in [6, 6.07) is 10.8. The SMILES string of the molecule is Cc1ccc(C(=O)CCC(=O)Nc2ccncc2)cc1. The minimum absolute atomic E-state index is 0.0186. The molecule has 0 saturated carbocycles. The number of hydrogen-bond donors (Lipinski definition) is 1. The molecule has 1 amide bonds. The van der Waals surface area contributed by atoms with E-state index in [0.29, 0.717) is 11.3 Å². The number of carbonyl (C=O) groups excluding carboxylic acids is 2. The van der Waals surface area contributed by atoms with Gasteiger partial charge in [0.2, 0.25) is 5.91 Å². The van der Waals surface area contributed by atoms with Gasteiger partial charge < -0.3 is 5.32 Å². The maximum Gasteiger partial charge on any atom is 0.224 e. The number of nitrogens with zero attached hydrogens (tertiary/aromatic N) is 1. The standard InChI is InChI=1S/C16H16N2O2/c1-12-2-4-13(5-3-12)15(19)6-7-16(20)18-14-8-10-17-11-9-14/h2-5,8-11H,6-7H2,1H3,(H,17,18,20). The van der Waals surface area contributed by atoms with E-state index in [1.165, 1.54) is 0 Å². The highest BCUT2D eigenvalue weighted by molar-refractivity contribution is 5.99. The van der Waals surface area contributed by atoms with Gasteiger partial charge in [-0.1, -0.05) is 29.8 Å². The molecule has 0 spiro atoms. The highest BCUT2D eigenvalue weighted by Crippen LogP contribution is 2.09. The fraction of sp³-hybridized carbons (Fsp3) is 0.188. The second-order valence-electron chi connectivity index (χ2n) is 4.57. The van der Waals surface area contributed by atoms with Crippen LogP contribution < -0.4 is 5.32 Å². The third-order valence-electron chi connectivity index (χ3n) is 2.92. The number of amides is 1. The second-order valence-corrected chi connectivity index (χ2v) is 4.57. The largest absolute Gasteiger partial charge is 0.326 e. The summed E-state index contributed by atoms with van der Waals surface area (Å²) in [5.74, 6) is -0.188. The van der Waals surface area contributed by atoms with Crippen LogP contribution in [-0.2, 0) is 4.79 Å². The smallest absolute Gasteiger partial charge is 0.224 e. The van der Waals surface area contributed by atoms with Gasteiger partial charge in [0.25, 0.3) is 0 Å². The second kappa shape index (κ2) is 6.61. The van der Waals surface area contributed by atoms with Crippen molar-refractivity contribution in [1.82, 2.24) is 4.98 Å². The number of carbonyl (C=O) groups is 2. The molecule has 4 heteroatoms. The Balaban J connectivity index is 1.84. The van der Waals surface area contributed by atoms with Gasteiger partial charge in [-0.15, -0.1) is 0 Å². The third-order valence-corrected chi connectivity index (χ3v) is 2.92. The van der Waals surface area contributed by atoms with Crippen molar-refractivity contribution in [2.24, 2.45) is 0 Å². The van der Waals surface area contributed by atoms with E-state index in [1.54, 1.807) is 36.7 Å². The van der Waals surface area contributed by atoms with Crippen LogP contribution in [0.5, 0.6) is 0 Å². The topological polar surface area (TPSA) is 59.1 Å². The van der Waals surface area contributed by atoms with Crippen LogP contribution in [0.2, 0.25) is 0 Å². The molecule has 1 aromatic carbocycles. The number of anilines is 1. The lowest BCUT2D eigenvalue weighted by Crippen LogP contribution is -2.13. The van der Waals surface area contributed by atoms with Crippen LogP contribution in [-0.4, -0.2) is 16.7 Å². The van der Waals surface area contributed by atoms with E-state index in [9.17, 15) is 9.59 Å². The van der Waals surface area contributed by atoms with Gasteiger partial charge in [-0.2, -0.15) is 0 Å². The molecule has 1 N–H and O–H groups in total. The van der Waals surface area contributed by atoms with Gasteiger partial charge in [0.15, 0.2) is 5.78 Å². The number of nitrogens with one attached hydrogen (secondary N) is 1. The third kappa shape index (κ3) is 4.02. The number of aromatic nitrogens is 1. The minimum atomic E-state index is -0.170. The lowest BCUT2D eigenvalue weighted by atomic mass is 10.0. The molecule has 0 aliphatic rings. The summed E-state index contributed by atoms with van der Waals surface area (Å²) in [6.07, 6.45) is 3.59. The summed E-state index contributed by atoms with van der Waals surface area (Å²) < 4.78 is 0. The van der Waals surface area contributed by atoms with Crippen molar-refractivity contribution in [3.63, 3.8) is 0 Å². The summed E-state index contributed by atoms with van der Waals surface area (Å²) in [5, 5.41) is 2.73. The molecule has 1 aromatic heterocycles. The fourth-order valence-corrected chi connectivity index (χ4v) is 1.77. The molecular weight excluding hydrogens is 252 g/mol. The van der Waals surface area contributed by atoms with Crippen molar-refractivity contribution in [1.29, 1.82) is 0 Å². The maximum absolute atomic E-state index is 11.9. The number of Topliss-reactive ketones (excluding diaryl/α,β-unsaturated/α-hetero) is 1. The van der Waals surface area contributed by atoms with Gasteiger partial charge in [-0.3, -0.25) is 14.6 Å². The molecule has 20 heavy (non-hydrogen) atoms. The molecule has 0 unspecified atom stereocenters. The van der Waals surface area contributed by atoms with E-state index in [4.69, 9.17) is 0 Å². The number of rotatable bonds is 5. The van der Waals surface area contributed by atoms with Gasteiger partial charge >= 0.3 is 0 Å². The van der Waals surface area contributed by atoms with Gasteiger partial charge in [0.05, 0.1) is 0 Å². The van der Waals surface area contributed by atoms with E-state index < -0.39 is 0 Å². The Morgan fingerprint density at radius 1 is 1.00 bits per heavy atom. The van der Waals surface area contributed by atoms with Crippen LogP contribution in [0.1, 0.15) is 28.8 Å². The lowest BCUT2D eigenvalue weighted by molar-refractivity contribution is -0.116. The summed E-state index contributed by atoms with van der Waals surface area (Å²) >= 11 is 0. The number of benzene rings is 1. The fourth-order valence-electron chi connectivity index (χ4n) is 1.77. The zero-order chi connectivity index (χ0) is 14.4. The minimum Gasteiger partial charge on any atom is -0.326 e. The van der Waals surface area contributed by atoms with Crippen molar-refractivity contribution in [2.75, 3.05) is 5.32 Å². The number of ketones is 1. The first-order chi connectivity index (χ1) is 9.65. The Kier molecular flexibility index (Phi) is 4.60. The van der Waals surface area contributed by atoms with E-state index in [-0.39, 0.29) is 24.5 Å². The first kappa shape index (κ1) is 13.9. The summed E-state index contributed by atoms with van der Waals surface area (Å²) in [6.45, 7) is 1.97. The van der Waals surface area contributed by atoms with E-state index >= 15 is 0 Å². The molecule has 4 nitrogen and oxygen atoms in total. The molecule has 0 aliphatic carbocycles. The van der Waals surface area contributed by atoms with Gasteiger partial charge in [0.1, 0.15) is 0 Å². The highest BCUT2D eigenvalue weighted by Gasteiger charge is 2.09. The highest BCUT2D eigenvalue weighted by atomic mass is 16.2. The van der Waals surface area contributed by atoms with Crippen molar-refractivity contribution >= 4 is 17.4 Å². The number of aryl methyl sites for hydroxylation is 1. The maximum atomic E-state index is 11.9. The Hall–Kier alpha value is -2.49. The van der Waals surface area contributed by atoms with E-state index in [0.717, 1.165) is 5.56 Å². The molecule has 2 rings (SSSR count). The molecule has 0 saturated heterocycles. The van der Waals surface area contributed by atoms with Crippen LogP contribution in [0.4, 0.5) is 5.69 Å². The van der Waals surface area contributed by atoms with Crippen LogP contribution in [0.3, 0.4) is 0 Å². The Morgan fingerprint density at radius 2 is 1.65 bits per heavy atom. The van der Waals surface area contributed by atoms with Crippen molar-refractivity contribution in [3.8, 4) is 0 Å². The number of hydrogen-bond acceptors (Lipinski definition) is 3. The molecule has 0 aliphatic heterocycles. The van der Waals surface area contributed by atoms with Crippen LogP contribution in [0, 0.1) is 6.92 Å². The molecule has 0 radical (unpaired) electrons. The average Bonchev–Trinajstić information content (AvgIpc) is 2.46. The molecular formula is C16H16N2O2. The van der Waals surface area contributed by atoms with Gasteiger partial charge in [-0.25, -0.2) is 0 Å². The molecule has 1 heterocycles. The summed E-state index contributed by atoms with van der Waals surface area (Å²) in [5.41, 5.74) is 2.44. The van der Waals surface area contributed by atoms with Gasteiger partial charge in [-0.05, 0) is 19.1 Å². The summed E-state index contributed by atoms with van der Waals surface area (Å²) in [4.78, 5) is 27.5. The lowest BCUT2D eigenvalue weighted by Gasteiger charge is -2.04. The van der Waals surface area contributed by atoms with Crippen molar-refractivity contribution < 1.29 is 9.59 Å². The molecule has 0 fully saturated rings. The van der Waals surface area contributed by atoms with E-state index in [1.807, 2.05) is 19.1 Å². The zero-order valence-electron chi connectivity index (χ0n) is 11.3. The predicted molar refractivity (Wildman–Crippen MR) is 77.6 cm³/mol. The van der Waals surface area contributed by atoms with E-state index in [2.05, 4.69) is 10.3 Å². The zero-order valence-corrected chi connectivity index (χ0v) is 11.3. The van der Waals surface area contributed by atoms with Crippen molar-refractivity contribution in [2.45, 2.75) is 19.8 Å². The van der Waals surface area contributed by atoms with Gasteiger partial charge in [0, 0.05) is 36.5 Å². The Morgan fingerprint density at radius 3 is 2.30 bits per heavy atom. The Bertz CT molecular complexity index is 592.